The lowest BCUT2D eigenvalue weighted by Crippen LogP contribution is -2.57. The molecule has 1 amide bonds. The molecule has 1 aromatic carbocycles. The van der Waals surface area contributed by atoms with Crippen LogP contribution in [0.1, 0.15) is 53.8 Å². The molecule has 0 aromatic heterocycles. The predicted molar refractivity (Wildman–Crippen MR) is 106 cm³/mol. The van der Waals surface area contributed by atoms with Crippen molar-refractivity contribution in [1.82, 2.24) is 9.21 Å². The lowest BCUT2D eigenvalue weighted by Gasteiger charge is -2.47. The highest BCUT2D eigenvalue weighted by Crippen LogP contribution is 2.33. The van der Waals surface area contributed by atoms with Crippen LogP contribution in [0.5, 0.6) is 0 Å². The second kappa shape index (κ2) is 8.21. The lowest BCUT2D eigenvalue weighted by atomic mass is 9.84. The summed E-state index contributed by atoms with van der Waals surface area (Å²) in [6.07, 6.45) is 2.45. The van der Waals surface area contributed by atoms with Crippen LogP contribution < -0.4 is 0 Å². The highest BCUT2D eigenvalue weighted by molar-refractivity contribution is 7.89. The number of amides is 1. The molecule has 2 heterocycles. The van der Waals surface area contributed by atoms with Crippen molar-refractivity contribution < 1.29 is 22.7 Å². The first-order valence-corrected chi connectivity index (χ1v) is 11.2. The van der Waals surface area contributed by atoms with E-state index in [1.54, 1.807) is 42.4 Å². The van der Waals surface area contributed by atoms with Gasteiger partial charge in [-0.1, -0.05) is 0 Å². The van der Waals surface area contributed by atoms with Crippen molar-refractivity contribution in [3.8, 4) is 0 Å². The number of piperidine rings is 2. The molecule has 0 spiro atoms. The summed E-state index contributed by atoms with van der Waals surface area (Å²) in [5.74, 6) is -0.337. The topological polar surface area (TPSA) is 84.0 Å². The molecule has 0 bridgehead atoms. The van der Waals surface area contributed by atoms with E-state index in [0.717, 1.165) is 12.8 Å². The fraction of sp³-hybridized carbons (Fsp3) is 0.600. The summed E-state index contributed by atoms with van der Waals surface area (Å²) in [6.45, 7) is 5.02. The van der Waals surface area contributed by atoms with Gasteiger partial charge in [0.25, 0.3) is 5.91 Å². The summed E-state index contributed by atoms with van der Waals surface area (Å²) < 4.78 is 31.3. The number of carbonyl (C=O) groups excluding carboxylic acids is 2. The molecule has 2 atom stereocenters. The van der Waals surface area contributed by atoms with Gasteiger partial charge in [-0.25, -0.2) is 17.5 Å². The van der Waals surface area contributed by atoms with Gasteiger partial charge in [-0.2, -0.15) is 0 Å². The first kappa shape index (κ1) is 20.8. The van der Waals surface area contributed by atoms with Crippen molar-refractivity contribution in [3.63, 3.8) is 0 Å². The molecule has 2 saturated heterocycles. The predicted octanol–water partition coefficient (Wildman–Crippen LogP) is 2.14. The number of sulfonamides is 1. The van der Waals surface area contributed by atoms with Crippen molar-refractivity contribution in [3.05, 3.63) is 35.4 Å². The van der Waals surface area contributed by atoms with Crippen molar-refractivity contribution in [2.45, 2.75) is 44.4 Å². The van der Waals surface area contributed by atoms with Crippen LogP contribution in [-0.2, 0) is 14.8 Å². The normalized spacial score (nSPS) is 23.4. The molecular formula is C20H28N2O5S. The molecule has 7 nitrogen and oxygen atoms in total. The van der Waals surface area contributed by atoms with E-state index in [4.69, 9.17) is 0 Å². The SMILES string of the molecule is COC(=O)c1ccc(C(=O)N2CCC[C@@H]3CN(S(=O)(=O)C(C)C)CC[C@H]32)cc1. The fourth-order valence-corrected chi connectivity index (χ4v) is 5.54. The maximum Gasteiger partial charge on any atom is 0.337 e. The highest BCUT2D eigenvalue weighted by Gasteiger charge is 2.41. The third kappa shape index (κ3) is 3.93. The van der Waals surface area contributed by atoms with E-state index < -0.39 is 21.2 Å². The maximum atomic E-state index is 13.1. The lowest BCUT2D eigenvalue weighted by molar-refractivity contribution is 0.0333. The molecule has 0 unspecified atom stereocenters. The minimum absolute atomic E-state index is 0.0557. The molecule has 0 saturated carbocycles. The molecule has 2 aliphatic heterocycles. The van der Waals surface area contributed by atoms with E-state index in [2.05, 4.69) is 4.74 Å². The van der Waals surface area contributed by atoms with E-state index in [0.29, 0.717) is 37.2 Å². The van der Waals surface area contributed by atoms with Gasteiger partial charge in [0.1, 0.15) is 0 Å². The Hall–Kier alpha value is -1.93. The summed E-state index contributed by atoms with van der Waals surface area (Å²) in [4.78, 5) is 26.5. The Bertz CT molecular complexity index is 835. The summed E-state index contributed by atoms with van der Waals surface area (Å²) >= 11 is 0. The number of methoxy groups -OCH3 is 1. The first-order chi connectivity index (χ1) is 13.3. The number of benzene rings is 1. The van der Waals surface area contributed by atoms with Gasteiger partial charge in [0.15, 0.2) is 0 Å². The average Bonchev–Trinajstić information content (AvgIpc) is 2.71. The third-order valence-corrected chi connectivity index (χ3v) is 8.04. The summed E-state index contributed by atoms with van der Waals surface area (Å²) in [7, 11) is -1.95. The molecular weight excluding hydrogens is 380 g/mol. The van der Waals surface area contributed by atoms with E-state index in [-0.39, 0.29) is 17.9 Å². The Morgan fingerprint density at radius 1 is 1.07 bits per heavy atom. The number of ether oxygens (including phenoxy) is 1. The van der Waals surface area contributed by atoms with Crippen LogP contribution in [0.15, 0.2) is 24.3 Å². The standard InChI is InChI=1S/C20H28N2O5S/c1-14(2)28(25,26)21-12-10-18-17(13-21)5-4-11-22(18)19(23)15-6-8-16(9-7-15)20(24)27-3/h6-9,14,17-18H,4-5,10-13H2,1-3H3/t17-,18-/m1/s1. The van der Waals surface area contributed by atoms with E-state index in [9.17, 15) is 18.0 Å². The number of fused-ring (bicyclic) bond motifs is 1. The summed E-state index contributed by atoms with van der Waals surface area (Å²) in [5.41, 5.74) is 0.938. The molecule has 2 fully saturated rings. The van der Waals surface area contributed by atoms with Crippen LogP contribution in [0.2, 0.25) is 0 Å². The molecule has 0 radical (unpaired) electrons. The minimum atomic E-state index is -3.27. The van der Waals surface area contributed by atoms with Gasteiger partial charge >= 0.3 is 5.97 Å². The summed E-state index contributed by atoms with van der Waals surface area (Å²) in [5, 5.41) is -0.432. The number of hydrogen-bond acceptors (Lipinski definition) is 5. The van der Waals surface area contributed by atoms with Gasteiger partial charge in [0, 0.05) is 31.2 Å². The van der Waals surface area contributed by atoms with Crippen molar-refractivity contribution in [2.75, 3.05) is 26.7 Å². The summed E-state index contributed by atoms with van der Waals surface area (Å²) in [6, 6.07) is 6.55. The van der Waals surface area contributed by atoms with Crippen LogP contribution in [0.25, 0.3) is 0 Å². The largest absolute Gasteiger partial charge is 0.465 e. The minimum Gasteiger partial charge on any atom is -0.465 e. The van der Waals surface area contributed by atoms with E-state index in [1.165, 1.54) is 7.11 Å². The van der Waals surface area contributed by atoms with Gasteiger partial charge in [-0.05, 0) is 63.3 Å². The van der Waals surface area contributed by atoms with Crippen LogP contribution in [0.3, 0.4) is 0 Å². The second-order valence-corrected chi connectivity index (χ2v) is 10.3. The number of hydrogen-bond donors (Lipinski definition) is 0. The zero-order valence-electron chi connectivity index (χ0n) is 16.6. The highest BCUT2D eigenvalue weighted by atomic mass is 32.2. The van der Waals surface area contributed by atoms with Gasteiger partial charge in [0.05, 0.1) is 17.9 Å². The monoisotopic (exact) mass is 408 g/mol. The zero-order valence-corrected chi connectivity index (χ0v) is 17.4. The van der Waals surface area contributed by atoms with E-state index >= 15 is 0 Å². The Morgan fingerprint density at radius 3 is 2.32 bits per heavy atom. The van der Waals surface area contributed by atoms with Crippen LogP contribution in [-0.4, -0.2) is 67.5 Å². The number of carbonyl (C=O) groups is 2. The second-order valence-electron chi connectivity index (χ2n) is 7.78. The fourth-order valence-electron chi connectivity index (χ4n) is 4.18. The maximum absolute atomic E-state index is 13.1. The average molecular weight is 409 g/mol. The first-order valence-electron chi connectivity index (χ1n) is 9.74. The quantitative estimate of drug-likeness (QED) is 0.713. The van der Waals surface area contributed by atoms with Crippen molar-refractivity contribution >= 4 is 21.9 Å². The Balaban J connectivity index is 1.74. The zero-order chi connectivity index (χ0) is 20.5. The molecule has 8 heteroatoms. The number of esters is 1. The van der Waals surface area contributed by atoms with Gasteiger partial charge in [-0.15, -0.1) is 0 Å². The Morgan fingerprint density at radius 2 is 1.71 bits per heavy atom. The molecule has 0 aliphatic carbocycles. The van der Waals surface area contributed by atoms with Crippen molar-refractivity contribution in [1.29, 1.82) is 0 Å². The molecule has 154 valence electrons. The number of likely N-dealkylation sites (tertiary alicyclic amines) is 1. The van der Waals surface area contributed by atoms with E-state index in [1.807, 2.05) is 4.90 Å². The number of nitrogens with zero attached hydrogens (tertiary/aromatic N) is 2. The molecule has 1 aromatic rings. The molecule has 28 heavy (non-hydrogen) atoms. The molecule has 3 rings (SSSR count). The van der Waals surface area contributed by atoms with Crippen LogP contribution in [0, 0.1) is 5.92 Å². The van der Waals surface area contributed by atoms with Gasteiger partial charge in [-0.3, -0.25) is 4.79 Å². The third-order valence-electron chi connectivity index (χ3n) is 5.80. The Kier molecular flexibility index (Phi) is 6.09. The molecule has 2 aliphatic rings. The van der Waals surface area contributed by atoms with Crippen LogP contribution in [0.4, 0.5) is 0 Å². The van der Waals surface area contributed by atoms with Crippen LogP contribution >= 0.6 is 0 Å². The van der Waals surface area contributed by atoms with Gasteiger partial charge in [0.2, 0.25) is 10.0 Å². The van der Waals surface area contributed by atoms with Gasteiger partial charge < -0.3 is 9.64 Å². The Labute approximate surface area is 166 Å². The van der Waals surface area contributed by atoms with Crippen molar-refractivity contribution in [2.24, 2.45) is 5.92 Å². The smallest absolute Gasteiger partial charge is 0.337 e. The molecule has 0 N–H and O–H groups in total. The number of rotatable bonds is 4.